The highest BCUT2D eigenvalue weighted by atomic mass is 16.5. The highest BCUT2D eigenvalue weighted by Gasteiger charge is 2.37. The van der Waals surface area contributed by atoms with Gasteiger partial charge in [0, 0.05) is 40.5 Å². The highest BCUT2D eigenvalue weighted by Crippen LogP contribution is 2.50. The maximum atomic E-state index is 7.25. The number of hydrogen-bond donors (Lipinski definition) is 0. The van der Waals surface area contributed by atoms with Crippen LogP contribution < -0.4 is 14.5 Å². The van der Waals surface area contributed by atoms with Crippen molar-refractivity contribution in [2.24, 2.45) is 10.8 Å². The Morgan fingerprint density at radius 3 is 1.75 bits per heavy atom. The lowest BCUT2D eigenvalue weighted by molar-refractivity contribution is 0.225. The summed E-state index contributed by atoms with van der Waals surface area (Å²) < 4.78 is 9.56. The number of hydrogen-bond acceptors (Lipinski definition) is 4. The number of benzene rings is 6. The number of rotatable bonds is 10. The molecule has 0 fully saturated rings. The molecule has 9 rings (SSSR count). The predicted octanol–water partition coefficient (Wildman–Crippen LogP) is 19.1. The normalized spacial score (nSPS) is 13.8. The van der Waals surface area contributed by atoms with Crippen LogP contribution in [0, 0.1) is 10.8 Å². The van der Waals surface area contributed by atoms with E-state index in [-0.39, 0.29) is 27.1 Å². The van der Waals surface area contributed by atoms with Gasteiger partial charge in [-0.3, -0.25) is 4.57 Å². The fraction of sp³-hybridized carbons (Fsp3) is 0.379. The number of para-hydroxylation sites is 1. The first-order chi connectivity index (χ1) is 33.3. The van der Waals surface area contributed by atoms with Crippen LogP contribution in [0.5, 0.6) is 11.5 Å². The molecule has 3 heterocycles. The number of ether oxygens (including phenoxy) is 1. The molecule has 2 aromatic heterocycles. The molecule has 368 valence electrons. The van der Waals surface area contributed by atoms with Crippen LogP contribution in [0.25, 0.3) is 38.8 Å². The molecule has 0 saturated heterocycles. The van der Waals surface area contributed by atoms with E-state index in [0.717, 1.165) is 45.0 Å². The quantitative estimate of drug-likeness (QED) is 0.137. The molecule has 0 radical (unpaired) electrons. The van der Waals surface area contributed by atoms with E-state index < -0.39 is 0 Å². The van der Waals surface area contributed by atoms with Gasteiger partial charge >= 0.3 is 0 Å². The van der Waals surface area contributed by atoms with Crippen molar-refractivity contribution >= 4 is 44.6 Å². The van der Waals surface area contributed by atoms with Gasteiger partial charge in [0.05, 0.1) is 22.4 Å². The van der Waals surface area contributed by atoms with Gasteiger partial charge in [-0.2, -0.15) is 0 Å². The summed E-state index contributed by atoms with van der Waals surface area (Å²) in [6.45, 7) is 40.2. The molecule has 0 N–H and O–H groups in total. The Bertz CT molecular complexity index is 3260. The lowest BCUT2D eigenvalue weighted by Gasteiger charge is -2.40. The number of pyridine rings is 1. The second-order valence-electron chi connectivity index (χ2n) is 25.1. The minimum Gasteiger partial charge on any atom is -0.457 e. The third kappa shape index (κ3) is 8.93. The summed E-state index contributed by atoms with van der Waals surface area (Å²) in [7, 11) is 0. The Hall–Kier alpha value is -6.33. The van der Waals surface area contributed by atoms with Crippen LogP contribution in [-0.2, 0) is 16.2 Å². The minimum atomic E-state index is -0.0848. The molecule has 1 aliphatic heterocycles. The van der Waals surface area contributed by atoms with Crippen molar-refractivity contribution in [3.63, 3.8) is 0 Å². The molecule has 0 spiro atoms. The SMILES string of the molecule is CC(C)c1cccc(C(C)C)c1-c1cc(Oc2ccc3c4ccccc4n(-c4cc(C(C)(C)C(C)(C)C)ccn4)c3c2)cc(N2CN(c3cccc(C(C)(C)C(C)(C)C)c3)c3ccc(C(C)(C)C)cc32)c1. The summed E-state index contributed by atoms with van der Waals surface area (Å²) in [5, 5.41) is 2.35. The van der Waals surface area contributed by atoms with Gasteiger partial charge in [-0.25, -0.2) is 4.98 Å². The van der Waals surface area contributed by atoms with Crippen molar-refractivity contribution in [3.8, 4) is 28.4 Å². The van der Waals surface area contributed by atoms with Crippen molar-refractivity contribution in [3.05, 3.63) is 167 Å². The second-order valence-corrected chi connectivity index (χ2v) is 25.1. The average Bonchev–Trinajstić information content (AvgIpc) is 3.86. The molecule has 0 atom stereocenters. The van der Waals surface area contributed by atoms with Gasteiger partial charge < -0.3 is 14.5 Å². The van der Waals surface area contributed by atoms with Gasteiger partial charge in [0.25, 0.3) is 0 Å². The minimum absolute atomic E-state index is 0.0377. The van der Waals surface area contributed by atoms with Gasteiger partial charge in [-0.05, 0) is 145 Å². The maximum absolute atomic E-state index is 7.25. The van der Waals surface area contributed by atoms with E-state index in [0.29, 0.717) is 18.5 Å². The molecule has 0 unspecified atom stereocenters. The molecule has 6 aromatic carbocycles. The van der Waals surface area contributed by atoms with Crippen molar-refractivity contribution in [2.75, 3.05) is 16.5 Å². The van der Waals surface area contributed by atoms with Gasteiger partial charge in [-0.15, -0.1) is 0 Å². The third-order valence-electron chi connectivity index (χ3n) is 16.8. The van der Waals surface area contributed by atoms with E-state index in [1.165, 1.54) is 55.8 Å². The first-order valence-electron chi connectivity index (χ1n) is 26.0. The number of aromatic nitrogens is 2. The molecule has 0 amide bonds. The average molecular weight is 943 g/mol. The molecule has 1 aliphatic rings. The van der Waals surface area contributed by atoms with Crippen molar-refractivity contribution in [2.45, 2.75) is 146 Å². The van der Waals surface area contributed by atoms with Crippen LogP contribution >= 0.6 is 0 Å². The van der Waals surface area contributed by atoms with Crippen molar-refractivity contribution < 1.29 is 4.74 Å². The molecule has 8 aromatic rings. The lowest BCUT2D eigenvalue weighted by Crippen LogP contribution is -2.34. The van der Waals surface area contributed by atoms with E-state index in [1.54, 1.807) is 0 Å². The predicted molar refractivity (Wildman–Crippen MR) is 304 cm³/mol. The van der Waals surface area contributed by atoms with E-state index in [2.05, 4.69) is 266 Å². The van der Waals surface area contributed by atoms with Gasteiger partial charge in [0.1, 0.15) is 24.0 Å². The van der Waals surface area contributed by atoms with Crippen LogP contribution in [0.1, 0.15) is 157 Å². The number of nitrogens with zero attached hydrogens (tertiary/aromatic N) is 4. The molecular formula is C66H78N4O. The van der Waals surface area contributed by atoms with E-state index in [9.17, 15) is 0 Å². The standard InChI is InChI=1S/C66H78N4O/c1-42(2)52-25-21-26-53(43(3)4)61(52)44-34-49(69-41-68(57-31-28-45(37-59(57)69)62(5,6)7)48-23-20-22-46(36-48)65(14,15)63(8,9)10)39-51(35-44)71-50-29-30-55-54-24-18-19-27-56(54)70(58(55)40-50)60-38-47(32-33-67-60)66(16,17)64(11,12)13/h18-40,42-43H,41H2,1-17H3. The Morgan fingerprint density at radius 2 is 1.10 bits per heavy atom. The molecular weight excluding hydrogens is 865 g/mol. The molecule has 71 heavy (non-hydrogen) atoms. The van der Waals surface area contributed by atoms with E-state index in [1.807, 2.05) is 6.20 Å². The maximum Gasteiger partial charge on any atom is 0.137 e. The monoisotopic (exact) mass is 943 g/mol. The summed E-state index contributed by atoms with van der Waals surface area (Å²) >= 11 is 0. The zero-order valence-corrected chi connectivity index (χ0v) is 45.8. The zero-order chi connectivity index (χ0) is 51.2. The van der Waals surface area contributed by atoms with Crippen LogP contribution in [-0.4, -0.2) is 16.2 Å². The zero-order valence-electron chi connectivity index (χ0n) is 45.8. The fourth-order valence-electron chi connectivity index (χ4n) is 10.3. The molecule has 5 heteroatoms. The fourth-order valence-corrected chi connectivity index (χ4v) is 10.3. The van der Waals surface area contributed by atoms with E-state index >= 15 is 0 Å². The summed E-state index contributed by atoms with van der Waals surface area (Å²) in [6, 6.07) is 49.8. The second kappa shape index (κ2) is 17.8. The van der Waals surface area contributed by atoms with Crippen LogP contribution in [0.2, 0.25) is 0 Å². The van der Waals surface area contributed by atoms with Gasteiger partial charge in [0.15, 0.2) is 0 Å². The number of fused-ring (bicyclic) bond motifs is 4. The van der Waals surface area contributed by atoms with Gasteiger partial charge in [0.2, 0.25) is 0 Å². The number of anilines is 4. The Morgan fingerprint density at radius 1 is 0.479 bits per heavy atom. The Kier molecular flexibility index (Phi) is 12.4. The third-order valence-corrected chi connectivity index (χ3v) is 16.8. The Labute approximate surface area is 425 Å². The lowest BCUT2D eigenvalue weighted by atomic mass is 9.65. The van der Waals surface area contributed by atoms with Crippen LogP contribution in [0.4, 0.5) is 22.7 Å². The van der Waals surface area contributed by atoms with Gasteiger partial charge in [-0.1, -0.05) is 172 Å². The highest BCUT2D eigenvalue weighted by molar-refractivity contribution is 6.09. The molecule has 5 nitrogen and oxygen atoms in total. The smallest absolute Gasteiger partial charge is 0.137 e. The molecule has 0 aliphatic carbocycles. The molecule has 0 saturated carbocycles. The first-order valence-corrected chi connectivity index (χ1v) is 26.0. The van der Waals surface area contributed by atoms with Crippen LogP contribution in [0.3, 0.4) is 0 Å². The Balaban J connectivity index is 1.23. The topological polar surface area (TPSA) is 33.5 Å². The molecule has 0 bridgehead atoms. The van der Waals surface area contributed by atoms with E-state index in [4.69, 9.17) is 9.72 Å². The van der Waals surface area contributed by atoms with Crippen molar-refractivity contribution in [1.29, 1.82) is 0 Å². The summed E-state index contributed by atoms with van der Waals surface area (Å²) in [6.07, 6.45) is 1.97. The first kappa shape index (κ1) is 49.6. The van der Waals surface area contributed by atoms with Crippen molar-refractivity contribution in [1.82, 2.24) is 9.55 Å². The largest absolute Gasteiger partial charge is 0.457 e. The summed E-state index contributed by atoms with van der Waals surface area (Å²) in [5.41, 5.74) is 15.8. The summed E-state index contributed by atoms with van der Waals surface area (Å²) in [4.78, 5) is 10.1. The summed E-state index contributed by atoms with van der Waals surface area (Å²) in [5.74, 6) is 3.11. The van der Waals surface area contributed by atoms with Crippen LogP contribution in [0.15, 0.2) is 140 Å².